The van der Waals surface area contributed by atoms with Crippen LogP contribution in [-0.2, 0) is 11.2 Å². The van der Waals surface area contributed by atoms with E-state index in [1.165, 1.54) is 16.5 Å². The second-order valence-corrected chi connectivity index (χ2v) is 6.40. The van der Waals surface area contributed by atoms with Crippen molar-refractivity contribution in [2.24, 2.45) is 0 Å². The van der Waals surface area contributed by atoms with Gasteiger partial charge in [0.1, 0.15) is 0 Å². The standard InChI is InChI=1S/C18H25N3O/c1-14-4-6-17-16(12-14)15(13-19-17)5-7-18(22)21-9-3-8-20(2)10-11-21/h4,6,12-13,19H,3,5,7-11H2,1-2H3. The van der Waals surface area contributed by atoms with E-state index in [4.69, 9.17) is 0 Å². The molecular formula is C18H25N3O. The molecule has 1 saturated heterocycles. The predicted molar refractivity (Wildman–Crippen MR) is 90.1 cm³/mol. The molecule has 0 atom stereocenters. The normalized spacial score (nSPS) is 16.9. The van der Waals surface area contributed by atoms with Crippen LogP contribution >= 0.6 is 0 Å². The molecule has 1 N–H and O–H groups in total. The zero-order valence-electron chi connectivity index (χ0n) is 13.6. The van der Waals surface area contributed by atoms with Gasteiger partial charge in [-0.15, -0.1) is 0 Å². The van der Waals surface area contributed by atoms with Gasteiger partial charge in [-0.1, -0.05) is 11.6 Å². The van der Waals surface area contributed by atoms with E-state index in [0.717, 1.165) is 44.5 Å². The summed E-state index contributed by atoms with van der Waals surface area (Å²) in [6.07, 6.45) is 4.54. The fourth-order valence-corrected chi connectivity index (χ4v) is 3.19. The minimum Gasteiger partial charge on any atom is -0.361 e. The number of nitrogens with zero attached hydrogens (tertiary/aromatic N) is 2. The van der Waals surface area contributed by atoms with Gasteiger partial charge in [-0.3, -0.25) is 4.79 Å². The molecule has 4 nitrogen and oxygen atoms in total. The third-order valence-electron chi connectivity index (χ3n) is 4.60. The molecule has 0 unspecified atom stereocenters. The average molecular weight is 299 g/mol. The van der Waals surface area contributed by atoms with Crippen molar-refractivity contribution in [2.75, 3.05) is 33.2 Å². The van der Waals surface area contributed by atoms with E-state index in [1.54, 1.807) is 0 Å². The summed E-state index contributed by atoms with van der Waals surface area (Å²) in [7, 11) is 2.13. The van der Waals surface area contributed by atoms with Crippen LogP contribution in [-0.4, -0.2) is 53.9 Å². The number of amides is 1. The third kappa shape index (κ3) is 3.33. The number of carbonyl (C=O) groups excluding carboxylic acids is 1. The monoisotopic (exact) mass is 299 g/mol. The summed E-state index contributed by atoms with van der Waals surface area (Å²) in [6, 6.07) is 6.43. The number of hydrogen-bond acceptors (Lipinski definition) is 2. The van der Waals surface area contributed by atoms with Gasteiger partial charge in [-0.25, -0.2) is 0 Å². The number of H-pyrrole nitrogens is 1. The van der Waals surface area contributed by atoms with Crippen molar-refractivity contribution in [2.45, 2.75) is 26.2 Å². The van der Waals surface area contributed by atoms with E-state index in [2.05, 4.69) is 42.1 Å². The first kappa shape index (κ1) is 15.1. The predicted octanol–water partition coefficient (Wildman–Crippen LogP) is 2.57. The van der Waals surface area contributed by atoms with Crippen molar-refractivity contribution >= 4 is 16.8 Å². The quantitative estimate of drug-likeness (QED) is 0.946. The highest BCUT2D eigenvalue weighted by atomic mass is 16.2. The lowest BCUT2D eigenvalue weighted by atomic mass is 10.1. The van der Waals surface area contributed by atoms with Gasteiger partial charge >= 0.3 is 0 Å². The van der Waals surface area contributed by atoms with Crippen LogP contribution in [0.4, 0.5) is 0 Å². The summed E-state index contributed by atoms with van der Waals surface area (Å²) in [5.74, 6) is 0.289. The van der Waals surface area contributed by atoms with E-state index >= 15 is 0 Å². The molecule has 0 bridgehead atoms. The number of hydrogen-bond donors (Lipinski definition) is 1. The molecule has 2 aromatic rings. The molecule has 1 aliphatic rings. The Balaban J connectivity index is 1.63. The Labute approximate surface area is 132 Å². The zero-order valence-corrected chi connectivity index (χ0v) is 13.6. The number of benzene rings is 1. The lowest BCUT2D eigenvalue weighted by Crippen LogP contribution is -2.34. The molecule has 1 aliphatic heterocycles. The van der Waals surface area contributed by atoms with E-state index < -0.39 is 0 Å². The topological polar surface area (TPSA) is 39.3 Å². The first-order chi connectivity index (χ1) is 10.6. The van der Waals surface area contributed by atoms with Crippen LogP contribution < -0.4 is 0 Å². The Bertz CT molecular complexity index is 661. The molecule has 0 radical (unpaired) electrons. The first-order valence-corrected chi connectivity index (χ1v) is 8.16. The highest BCUT2D eigenvalue weighted by molar-refractivity contribution is 5.85. The molecule has 0 saturated carbocycles. The van der Waals surface area contributed by atoms with Crippen LogP contribution in [0.2, 0.25) is 0 Å². The number of aryl methyl sites for hydroxylation is 2. The van der Waals surface area contributed by atoms with Crippen LogP contribution in [0, 0.1) is 6.92 Å². The Hall–Kier alpha value is -1.81. The highest BCUT2D eigenvalue weighted by Gasteiger charge is 2.17. The van der Waals surface area contributed by atoms with Crippen LogP contribution in [0.1, 0.15) is 24.0 Å². The Morgan fingerprint density at radius 1 is 1.23 bits per heavy atom. The van der Waals surface area contributed by atoms with Crippen molar-refractivity contribution in [3.63, 3.8) is 0 Å². The number of rotatable bonds is 3. The van der Waals surface area contributed by atoms with Gasteiger partial charge in [-0.2, -0.15) is 0 Å². The summed E-state index contributed by atoms with van der Waals surface area (Å²) in [4.78, 5) is 20.1. The maximum Gasteiger partial charge on any atom is 0.222 e. The summed E-state index contributed by atoms with van der Waals surface area (Å²) >= 11 is 0. The Morgan fingerprint density at radius 2 is 2.09 bits per heavy atom. The summed E-state index contributed by atoms with van der Waals surface area (Å²) < 4.78 is 0. The van der Waals surface area contributed by atoms with Gasteiger partial charge in [-0.05, 0) is 51.1 Å². The fourth-order valence-electron chi connectivity index (χ4n) is 3.19. The molecule has 22 heavy (non-hydrogen) atoms. The zero-order chi connectivity index (χ0) is 15.5. The number of nitrogens with one attached hydrogen (secondary N) is 1. The Morgan fingerprint density at radius 3 is 2.95 bits per heavy atom. The molecule has 0 spiro atoms. The smallest absolute Gasteiger partial charge is 0.222 e. The van der Waals surface area contributed by atoms with Gasteiger partial charge < -0.3 is 14.8 Å². The van der Waals surface area contributed by atoms with Crippen molar-refractivity contribution in [1.29, 1.82) is 0 Å². The number of aromatic nitrogens is 1. The van der Waals surface area contributed by atoms with Crippen molar-refractivity contribution in [1.82, 2.24) is 14.8 Å². The van der Waals surface area contributed by atoms with Crippen LogP contribution in [0.5, 0.6) is 0 Å². The highest BCUT2D eigenvalue weighted by Crippen LogP contribution is 2.21. The maximum atomic E-state index is 12.5. The molecule has 0 aliphatic carbocycles. The van der Waals surface area contributed by atoms with E-state index in [-0.39, 0.29) is 5.91 Å². The molecule has 1 aromatic heterocycles. The number of aromatic amines is 1. The number of likely N-dealkylation sites (N-methyl/N-ethyl adjacent to an activating group) is 1. The molecule has 1 fully saturated rings. The van der Waals surface area contributed by atoms with Gasteiger partial charge in [0.15, 0.2) is 0 Å². The van der Waals surface area contributed by atoms with Crippen LogP contribution in [0.25, 0.3) is 10.9 Å². The van der Waals surface area contributed by atoms with E-state index in [0.29, 0.717) is 6.42 Å². The minimum atomic E-state index is 0.289. The lowest BCUT2D eigenvalue weighted by molar-refractivity contribution is -0.131. The van der Waals surface area contributed by atoms with Gasteiger partial charge in [0, 0.05) is 43.2 Å². The SMILES string of the molecule is Cc1ccc2[nH]cc(CCC(=O)N3CCCN(C)CC3)c2c1. The second-order valence-electron chi connectivity index (χ2n) is 6.40. The molecule has 1 aromatic carbocycles. The van der Waals surface area contributed by atoms with Crippen molar-refractivity contribution in [3.8, 4) is 0 Å². The third-order valence-corrected chi connectivity index (χ3v) is 4.60. The average Bonchev–Trinajstić information content (AvgIpc) is 2.76. The van der Waals surface area contributed by atoms with Crippen molar-refractivity contribution in [3.05, 3.63) is 35.5 Å². The molecule has 118 valence electrons. The van der Waals surface area contributed by atoms with Crippen LogP contribution in [0.3, 0.4) is 0 Å². The minimum absolute atomic E-state index is 0.289. The maximum absolute atomic E-state index is 12.5. The van der Waals surface area contributed by atoms with Crippen molar-refractivity contribution < 1.29 is 4.79 Å². The van der Waals surface area contributed by atoms with Crippen LogP contribution in [0.15, 0.2) is 24.4 Å². The lowest BCUT2D eigenvalue weighted by Gasteiger charge is -2.20. The second kappa shape index (κ2) is 6.53. The summed E-state index contributed by atoms with van der Waals surface area (Å²) in [6.45, 7) is 5.94. The molecular weight excluding hydrogens is 274 g/mol. The summed E-state index contributed by atoms with van der Waals surface area (Å²) in [5, 5.41) is 1.25. The largest absolute Gasteiger partial charge is 0.361 e. The van der Waals surface area contributed by atoms with E-state index in [1.807, 2.05) is 11.1 Å². The summed E-state index contributed by atoms with van der Waals surface area (Å²) in [5.41, 5.74) is 3.67. The molecule has 2 heterocycles. The number of fused-ring (bicyclic) bond motifs is 1. The molecule has 4 heteroatoms. The Kier molecular flexibility index (Phi) is 4.48. The first-order valence-electron chi connectivity index (χ1n) is 8.16. The fraction of sp³-hybridized carbons (Fsp3) is 0.500. The van der Waals surface area contributed by atoms with Gasteiger partial charge in [0.05, 0.1) is 0 Å². The molecule has 3 rings (SSSR count). The number of carbonyl (C=O) groups is 1. The van der Waals surface area contributed by atoms with Gasteiger partial charge in [0.25, 0.3) is 0 Å². The molecule has 1 amide bonds. The van der Waals surface area contributed by atoms with E-state index in [9.17, 15) is 4.79 Å². The van der Waals surface area contributed by atoms with Gasteiger partial charge in [0.2, 0.25) is 5.91 Å².